The molecule has 4 nitrogen and oxygen atoms in total. The summed E-state index contributed by atoms with van der Waals surface area (Å²) in [6.45, 7) is 0. The molecule has 1 aliphatic rings. The Morgan fingerprint density at radius 3 is 2.58 bits per heavy atom. The third kappa shape index (κ3) is 3.41. The van der Waals surface area contributed by atoms with Gasteiger partial charge in [0.25, 0.3) is 0 Å². The van der Waals surface area contributed by atoms with Crippen LogP contribution >= 0.6 is 23.2 Å². The fraction of sp³-hybridized carbons (Fsp3) is 0.500. The molecule has 0 amide bonds. The Morgan fingerprint density at radius 1 is 1.21 bits per heavy atom. The highest BCUT2D eigenvalue weighted by Gasteiger charge is 2.28. The Bertz CT molecular complexity index is 563. The summed E-state index contributed by atoms with van der Waals surface area (Å²) >= 11 is 11.8. The second-order valence-electron chi connectivity index (χ2n) is 4.73. The van der Waals surface area contributed by atoms with Crippen molar-refractivity contribution in [2.75, 3.05) is 0 Å². The van der Waals surface area contributed by atoms with Crippen molar-refractivity contribution in [3.05, 3.63) is 28.2 Å². The molecule has 1 aromatic rings. The monoisotopic (exact) mass is 322 g/mol. The summed E-state index contributed by atoms with van der Waals surface area (Å²) in [6, 6.07) is 4.15. The van der Waals surface area contributed by atoms with Crippen LogP contribution in [0, 0.1) is 0 Å². The summed E-state index contributed by atoms with van der Waals surface area (Å²) in [5.41, 5.74) is 5.95. The number of benzene rings is 1. The SMILES string of the molecule is N[C@@H]1CCCC[C@H]1NS(=O)(=O)c1cccc(Cl)c1Cl. The van der Waals surface area contributed by atoms with Gasteiger partial charge in [-0.1, -0.05) is 42.1 Å². The summed E-state index contributed by atoms with van der Waals surface area (Å²) in [4.78, 5) is -0.000518. The van der Waals surface area contributed by atoms with Gasteiger partial charge < -0.3 is 5.73 Å². The maximum absolute atomic E-state index is 12.3. The van der Waals surface area contributed by atoms with Crippen LogP contribution in [-0.2, 0) is 10.0 Å². The van der Waals surface area contributed by atoms with Crippen molar-refractivity contribution in [3.63, 3.8) is 0 Å². The van der Waals surface area contributed by atoms with E-state index in [0.29, 0.717) is 0 Å². The first-order chi connectivity index (χ1) is 8.92. The van der Waals surface area contributed by atoms with Gasteiger partial charge in [-0.25, -0.2) is 13.1 Å². The molecule has 1 aliphatic carbocycles. The Kier molecular flexibility index (Phi) is 4.74. The smallest absolute Gasteiger partial charge is 0.242 e. The van der Waals surface area contributed by atoms with Crippen molar-refractivity contribution < 1.29 is 8.42 Å². The van der Waals surface area contributed by atoms with E-state index in [0.717, 1.165) is 25.7 Å². The fourth-order valence-electron chi connectivity index (χ4n) is 2.26. The van der Waals surface area contributed by atoms with Gasteiger partial charge in [-0.2, -0.15) is 0 Å². The third-order valence-electron chi connectivity index (χ3n) is 3.33. The van der Waals surface area contributed by atoms with Crippen LogP contribution in [-0.4, -0.2) is 20.5 Å². The van der Waals surface area contributed by atoms with Gasteiger partial charge in [-0.15, -0.1) is 0 Å². The van der Waals surface area contributed by atoms with Crippen LogP contribution in [0.4, 0.5) is 0 Å². The molecule has 0 bridgehead atoms. The summed E-state index contributed by atoms with van der Waals surface area (Å²) in [6.07, 6.45) is 3.59. The Labute approximate surface area is 123 Å². The summed E-state index contributed by atoms with van der Waals surface area (Å²) in [5, 5.41) is 0.263. The third-order valence-corrected chi connectivity index (χ3v) is 5.79. The molecule has 2 atom stereocenters. The Morgan fingerprint density at radius 2 is 1.89 bits per heavy atom. The van der Waals surface area contributed by atoms with Gasteiger partial charge in [0.1, 0.15) is 4.90 Å². The zero-order valence-electron chi connectivity index (χ0n) is 10.3. The van der Waals surface area contributed by atoms with Crippen LogP contribution in [0.1, 0.15) is 25.7 Å². The minimum atomic E-state index is -3.69. The van der Waals surface area contributed by atoms with Gasteiger partial charge in [0.05, 0.1) is 10.0 Å². The normalized spacial score (nSPS) is 24.4. The first kappa shape index (κ1) is 15.1. The standard InChI is InChI=1S/C12H16Cl2N2O2S/c13-8-4-3-7-11(12(8)14)19(17,18)16-10-6-2-1-5-9(10)15/h3-4,7,9-10,16H,1-2,5-6,15H2/t9-,10-/m1/s1. The van der Waals surface area contributed by atoms with E-state index in [1.807, 2.05) is 0 Å². The minimum absolute atomic E-state index is 0.000518. The lowest BCUT2D eigenvalue weighted by Gasteiger charge is -2.29. The molecule has 0 spiro atoms. The zero-order chi connectivity index (χ0) is 14.0. The van der Waals surface area contributed by atoms with E-state index in [9.17, 15) is 8.42 Å². The maximum atomic E-state index is 12.3. The van der Waals surface area contributed by atoms with Crippen LogP contribution in [0.2, 0.25) is 10.0 Å². The lowest BCUT2D eigenvalue weighted by molar-refractivity contribution is 0.361. The van der Waals surface area contributed by atoms with Crippen LogP contribution in [0.5, 0.6) is 0 Å². The van der Waals surface area contributed by atoms with Crippen LogP contribution < -0.4 is 10.5 Å². The highest BCUT2D eigenvalue weighted by Crippen LogP contribution is 2.29. The molecule has 0 unspecified atom stereocenters. The molecule has 1 aromatic carbocycles. The van der Waals surface area contributed by atoms with E-state index in [2.05, 4.69) is 4.72 Å². The lowest BCUT2D eigenvalue weighted by Crippen LogP contribution is -2.49. The molecule has 0 aromatic heterocycles. The molecule has 0 aliphatic heterocycles. The zero-order valence-corrected chi connectivity index (χ0v) is 12.6. The molecule has 0 radical (unpaired) electrons. The number of rotatable bonds is 3. The second kappa shape index (κ2) is 5.97. The van der Waals surface area contributed by atoms with Gasteiger partial charge in [0.15, 0.2) is 0 Å². The Balaban J connectivity index is 2.25. The fourth-order valence-corrected chi connectivity index (χ4v) is 4.34. The van der Waals surface area contributed by atoms with Crippen LogP contribution in [0.3, 0.4) is 0 Å². The molecule has 1 saturated carbocycles. The van der Waals surface area contributed by atoms with Gasteiger partial charge in [0.2, 0.25) is 10.0 Å². The molecule has 0 saturated heterocycles. The predicted molar refractivity (Wildman–Crippen MR) is 77.0 cm³/mol. The summed E-state index contributed by atoms with van der Waals surface area (Å²) in [7, 11) is -3.69. The highest BCUT2D eigenvalue weighted by atomic mass is 35.5. The first-order valence-corrected chi connectivity index (χ1v) is 8.37. The number of nitrogens with two attached hydrogens (primary N) is 1. The summed E-state index contributed by atoms with van der Waals surface area (Å²) in [5.74, 6) is 0. The number of hydrogen-bond acceptors (Lipinski definition) is 3. The van der Waals surface area contributed by atoms with E-state index < -0.39 is 10.0 Å². The average Bonchev–Trinajstić information content (AvgIpc) is 2.35. The van der Waals surface area contributed by atoms with E-state index in [1.165, 1.54) is 6.07 Å². The van der Waals surface area contributed by atoms with E-state index >= 15 is 0 Å². The van der Waals surface area contributed by atoms with Crippen molar-refractivity contribution in [3.8, 4) is 0 Å². The van der Waals surface area contributed by atoms with Crippen molar-refractivity contribution in [1.29, 1.82) is 0 Å². The topological polar surface area (TPSA) is 72.2 Å². The quantitative estimate of drug-likeness (QED) is 0.898. The van der Waals surface area contributed by atoms with Gasteiger partial charge >= 0.3 is 0 Å². The van der Waals surface area contributed by atoms with Crippen LogP contribution in [0.25, 0.3) is 0 Å². The maximum Gasteiger partial charge on any atom is 0.242 e. The second-order valence-corrected chi connectivity index (χ2v) is 7.20. The predicted octanol–water partition coefficient (Wildman–Crippen LogP) is 2.54. The van der Waals surface area contributed by atoms with E-state index in [-0.39, 0.29) is 27.0 Å². The van der Waals surface area contributed by atoms with Gasteiger partial charge in [-0.3, -0.25) is 0 Å². The van der Waals surface area contributed by atoms with Crippen molar-refractivity contribution in [2.24, 2.45) is 5.73 Å². The molecule has 19 heavy (non-hydrogen) atoms. The number of nitrogens with one attached hydrogen (secondary N) is 1. The average molecular weight is 323 g/mol. The van der Waals surface area contributed by atoms with E-state index in [4.69, 9.17) is 28.9 Å². The number of sulfonamides is 1. The largest absolute Gasteiger partial charge is 0.326 e. The van der Waals surface area contributed by atoms with Crippen molar-refractivity contribution in [2.45, 2.75) is 42.7 Å². The minimum Gasteiger partial charge on any atom is -0.326 e. The van der Waals surface area contributed by atoms with Crippen molar-refractivity contribution >= 4 is 33.2 Å². The molecule has 0 heterocycles. The molecule has 106 valence electrons. The number of halogens is 2. The highest BCUT2D eigenvalue weighted by molar-refractivity contribution is 7.89. The molecular weight excluding hydrogens is 307 g/mol. The van der Waals surface area contributed by atoms with Crippen LogP contribution in [0.15, 0.2) is 23.1 Å². The molecule has 2 rings (SSSR count). The lowest BCUT2D eigenvalue weighted by atomic mass is 9.92. The Hall–Kier alpha value is -0.330. The molecule has 7 heteroatoms. The molecular formula is C12H16Cl2N2O2S. The van der Waals surface area contributed by atoms with Gasteiger partial charge in [0, 0.05) is 12.1 Å². The molecule has 3 N–H and O–H groups in total. The first-order valence-electron chi connectivity index (χ1n) is 6.14. The molecule has 1 fully saturated rings. The van der Waals surface area contributed by atoms with E-state index in [1.54, 1.807) is 12.1 Å². The van der Waals surface area contributed by atoms with Gasteiger partial charge in [-0.05, 0) is 25.0 Å². The number of hydrogen-bond donors (Lipinski definition) is 2. The van der Waals surface area contributed by atoms with Crippen molar-refractivity contribution in [1.82, 2.24) is 4.72 Å². The summed E-state index contributed by atoms with van der Waals surface area (Å²) < 4.78 is 27.3.